The minimum atomic E-state index is -1.57. The molecule has 0 saturated carbocycles. The number of carbonyl (C=O) groups excluding carboxylic acids is 7. The second-order valence-electron chi connectivity index (χ2n) is 15.9. The molecule has 6 atom stereocenters. The van der Waals surface area contributed by atoms with Crippen LogP contribution in [0.4, 0.5) is 4.79 Å². The lowest BCUT2D eigenvalue weighted by atomic mass is 10.0. The first-order valence-electron chi connectivity index (χ1n) is 22.0. The Morgan fingerprint density at radius 1 is 0.500 bits per heavy atom. The van der Waals surface area contributed by atoms with Crippen molar-refractivity contribution in [3.8, 4) is 0 Å². The molecule has 0 heterocycles. The number of carbonyl (C=O) groups is 11. The summed E-state index contributed by atoms with van der Waals surface area (Å²) >= 11 is 0. The molecule has 0 saturated heterocycles. The average molecular weight is 955 g/mol. The maximum absolute atomic E-state index is 13.9. The van der Waals surface area contributed by atoms with Crippen molar-refractivity contribution in [1.29, 1.82) is 0 Å². The van der Waals surface area contributed by atoms with Crippen LogP contribution in [0.5, 0.6) is 0 Å². The maximum atomic E-state index is 13.9. The summed E-state index contributed by atoms with van der Waals surface area (Å²) in [4.78, 5) is 135. The van der Waals surface area contributed by atoms with E-state index in [2.05, 4.69) is 31.9 Å². The zero-order chi connectivity index (χ0) is 50.6. The minimum absolute atomic E-state index is 0.0289. The number of hydrogen-bond donors (Lipinski definition) is 12. The molecule has 2 rings (SSSR count). The van der Waals surface area contributed by atoms with Crippen molar-refractivity contribution < 1.29 is 73.2 Å². The van der Waals surface area contributed by atoms with Crippen molar-refractivity contribution in [3.63, 3.8) is 0 Å². The van der Waals surface area contributed by atoms with Gasteiger partial charge in [0.05, 0.1) is 12.5 Å². The molecule has 2 aromatic rings. The van der Waals surface area contributed by atoms with Gasteiger partial charge >= 0.3 is 29.9 Å². The number of benzene rings is 2. The molecule has 372 valence electrons. The van der Waals surface area contributed by atoms with Crippen LogP contribution in [-0.2, 0) is 60.8 Å². The van der Waals surface area contributed by atoms with Gasteiger partial charge in [-0.15, -0.1) is 0 Å². The molecule has 13 N–H and O–H groups in total. The van der Waals surface area contributed by atoms with Crippen molar-refractivity contribution in [1.82, 2.24) is 37.2 Å². The fourth-order valence-electron chi connectivity index (χ4n) is 6.51. The zero-order valence-corrected chi connectivity index (χ0v) is 37.7. The zero-order valence-electron chi connectivity index (χ0n) is 37.7. The van der Waals surface area contributed by atoms with Gasteiger partial charge in [0.1, 0.15) is 30.2 Å². The number of aliphatic carboxylic acids is 4. The highest BCUT2D eigenvalue weighted by molar-refractivity contribution is 5.94. The van der Waals surface area contributed by atoms with Gasteiger partial charge in [0.15, 0.2) is 5.78 Å². The highest BCUT2D eigenvalue weighted by atomic mass is 16.4. The highest BCUT2D eigenvalue weighted by Crippen LogP contribution is 2.10. The molecular formula is C45H62N8O15. The van der Waals surface area contributed by atoms with Crippen molar-refractivity contribution in [2.75, 3.05) is 13.1 Å². The van der Waals surface area contributed by atoms with E-state index in [1.165, 1.54) is 0 Å². The lowest BCUT2D eigenvalue weighted by molar-refractivity contribution is -0.141. The highest BCUT2D eigenvalue weighted by Gasteiger charge is 2.30. The molecule has 68 heavy (non-hydrogen) atoms. The van der Waals surface area contributed by atoms with Crippen LogP contribution < -0.4 is 43.0 Å². The molecule has 0 radical (unpaired) electrons. The standard InChI is InChI=1S/C45H62N8O15/c1-27(54)33(25-39(59)60)50-40(61)30(46)26-48-41(62)34(23-28-13-7-5-8-14-28)51-42(63)35(24-29-15-9-6-10-16-29)49-37(56)17-11-3-2-4-12-22-47-36(55)20-18-31(43(64)65)52-45(68)53-32(44(66)67)19-21-38(57)58/h5-10,13-16,30-35H,2-4,11-12,17-26,46H2,1H3,(H,47,55)(H,48,62)(H,49,56)(H,50,61)(H,51,63)(H,57,58)(H,59,60)(H,64,65)(H,66,67)(H2,52,53,68)/t30-,31-,32-,33-,34-,35-/m0/s1. The third kappa shape index (κ3) is 23.7. The van der Waals surface area contributed by atoms with E-state index in [4.69, 9.17) is 15.9 Å². The Bertz CT molecular complexity index is 2040. The fourth-order valence-corrected chi connectivity index (χ4v) is 6.51. The van der Waals surface area contributed by atoms with Gasteiger partial charge in [-0.3, -0.25) is 38.4 Å². The number of ketones is 1. The summed E-state index contributed by atoms with van der Waals surface area (Å²) in [6.45, 7) is 0.970. The van der Waals surface area contributed by atoms with Gasteiger partial charge in [-0.1, -0.05) is 79.9 Å². The molecule has 23 heteroatoms. The van der Waals surface area contributed by atoms with Gasteiger partial charge in [0.25, 0.3) is 0 Å². The molecule has 0 unspecified atom stereocenters. The van der Waals surface area contributed by atoms with E-state index in [0.29, 0.717) is 37.7 Å². The van der Waals surface area contributed by atoms with Gasteiger partial charge in [-0.2, -0.15) is 0 Å². The second kappa shape index (κ2) is 30.7. The lowest BCUT2D eigenvalue weighted by Crippen LogP contribution is -2.57. The molecule has 0 spiro atoms. The summed E-state index contributed by atoms with van der Waals surface area (Å²) in [5.41, 5.74) is 7.38. The summed E-state index contributed by atoms with van der Waals surface area (Å²) in [5, 5.41) is 53.6. The largest absolute Gasteiger partial charge is 0.481 e. The number of nitrogens with two attached hydrogens (primary N) is 1. The number of carboxylic acid groups (broad SMARTS) is 4. The Labute approximate surface area is 392 Å². The van der Waals surface area contributed by atoms with Crippen LogP contribution >= 0.6 is 0 Å². The van der Waals surface area contributed by atoms with Gasteiger partial charge < -0.3 is 63.4 Å². The van der Waals surface area contributed by atoms with Crippen molar-refractivity contribution in [2.24, 2.45) is 5.73 Å². The predicted octanol–water partition coefficient (Wildman–Crippen LogP) is -0.259. The number of nitrogens with one attached hydrogen (secondary N) is 7. The molecule has 2 aromatic carbocycles. The van der Waals surface area contributed by atoms with Gasteiger partial charge in [-0.25, -0.2) is 14.4 Å². The third-order valence-corrected chi connectivity index (χ3v) is 10.3. The van der Waals surface area contributed by atoms with Crippen molar-refractivity contribution >= 4 is 65.2 Å². The number of rotatable bonds is 33. The minimum Gasteiger partial charge on any atom is -0.481 e. The molecule has 0 aliphatic carbocycles. The van der Waals surface area contributed by atoms with Gasteiger partial charge in [0, 0.05) is 45.2 Å². The van der Waals surface area contributed by atoms with Gasteiger partial charge in [-0.05, 0) is 43.7 Å². The molecule has 0 aliphatic heterocycles. The number of amides is 7. The van der Waals surface area contributed by atoms with Gasteiger partial charge in [0.2, 0.25) is 29.5 Å². The summed E-state index contributed by atoms with van der Waals surface area (Å²) < 4.78 is 0. The first-order chi connectivity index (χ1) is 32.2. The summed E-state index contributed by atoms with van der Waals surface area (Å²) in [6, 6.07) is 8.46. The second-order valence-corrected chi connectivity index (χ2v) is 15.9. The van der Waals surface area contributed by atoms with E-state index in [9.17, 15) is 63.0 Å². The quantitative estimate of drug-likeness (QED) is 0.0410. The van der Waals surface area contributed by atoms with Crippen LogP contribution in [0.3, 0.4) is 0 Å². The first-order valence-corrected chi connectivity index (χ1v) is 22.0. The Morgan fingerprint density at radius 2 is 1.00 bits per heavy atom. The third-order valence-electron chi connectivity index (χ3n) is 10.3. The van der Waals surface area contributed by atoms with Crippen LogP contribution in [0.2, 0.25) is 0 Å². The first kappa shape index (κ1) is 56.7. The molecular weight excluding hydrogens is 893 g/mol. The van der Waals surface area contributed by atoms with Crippen molar-refractivity contribution in [2.45, 2.75) is 127 Å². The van der Waals surface area contributed by atoms with E-state index in [0.717, 1.165) is 12.5 Å². The molecule has 0 aromatic heterocycles. The smallest absolute Gasteiger partial charge is 0.326 e. The Balaban J connectivity index is 1.90. The number of unbranched alkanes of at least 4 members (excludes halogenated alkanes) is 4. The number of hydrogen-bond acceptors (Lipinski definition) is 12. The average Bonchev–Trinajstić information content (AvgIpc) is 3.28. The summed E-state index contributed by atoms with van der Waals surface area (Å²) in [6.07, 6.45) is 1.05. The van der Waals surface area contributed by atoms with Crippen LogP contribution in [-0.4, -0.2) is 135 Å². The Hall–Kier alpha value is -7.43. The normalized spacial score (nSPS) is 13.4. The maximum Gasteiger partial charge on any atom is 0.326 e. The molecule has 0 fully saturated rings. The summed E-state index contributed by atoms with van der Waals surface area (Å²) in [5.74, 6) is -9.27. The predicted molar refractivity (Wildman–Crippen MR) is 241 cm³/mol. The molecule has 7 amide bonds. The number of urea groups is 1. The topological polar surface area (TPSA) is 379 Å². The number of carboxylic acids is 4. The Kier molecular flexibility index (Phi) is 25.6. The van der Waals surface area contributed by atoms with E-state index in [1.807, 2.05) is 5.32 Å². The van der Waals surface area contributed by atoms with Crippen LogP contribution in [0, 0.1) is 0 Å². The monoisotopic (exact) mass is 954 g/mol. The fraction of sp³-hybridized carbons (Fsp3) is 0.489. The summed E-state index contributed by atoms with van der Waals surface area (Å²) in [7, 11) is 0. The molecule has 0 aliphatic rings. The number of Topliss-reactive ketones (excluding diaryl/α,β-unsaturated/α-hetero) is 1. The van der Waals surface area contributed by atoms with Crippen LogP contribution in [0.1, 0.15) is 88.7 Å². The van der Waals surface area contributed by atoms with Crippen LogP contribution in [0.25, 0.3) is 0 Å². The van der Waals surface area contributed by atoms with E-state index in [1.54, 1.807) is 60.7 Å². The van der Waals surface area contributed by atoms with Crippen LogP contribution in [0.15, 0.2) is 60.7 Å². The van der Waals surface area contributed by atoms with E-state index in [-0.39, 0.29) is 38.6 Å². The molecule has 0 bridgehead atoms. The SMILES string of the molecule is CC(=O)[C@H](CC(=O)O)NC(=O)[C@@H](N)CNC(=O)[C@H](Cc1ccccc1)NC(=O)[C@H](Cc1ccccc1)NC(=O)CCCCCCCNC(=O)CC[C@H](NC(=O)N[C@@H](CCC(=O)O)C(=O)O)C(=O)O. The van der Waals surface area contributed by atoms with E-state index >= 15 is 0 Å². The van der Waals surface area contributed by atoms with Crippen molar-refractivity contribution in [3.05, 3.63) is 71.8 Å². The van der Waals surface area contributed by atoms with E-state index < -0.39 is 127 Å². The lowest BCUT2D eigenvalue weighted by Gasteiger charge is -2.24. The molecule has 23 nitrogen and oxygen atoms in total. The Morgan fingerprint density at radius 3 is 1.51 bits per heavy atom.